The van der Waals surface area contributed by atoms with Crippen molar-refractivity contribution in [2.75, 3.05) is 13.2 Å². The molecule has 216 valence electrons. The van der Waals surface area contributed by atoms with Gasteiger partial charge in [-0.3, -0.25) is 0 Å². The minimum absolute atomic E-state index is 0.0793. The molecule has 4 aliphatic rings. The van der Waals surface area contributed by atoms with E-state index in [0.29, 0.717) is 30.3 Å². The molecule has 0 radical (unpaired) electrons. The molecule has 0 saturated heterocycles. The van der Waals surface area contributed by atoms with Crippen molar-refractivity contribution < 1.29 is 22.6 Å². The predicted octanol–water partition coefficient (Wildman–Crippen LogP) is 9.19. The van der Waals surface area contributed by atoms with E-state index in [2.05, 4.69) is 6.92 Å². The van der Waals surface area contributed by atoms with Gasteiger partial charge in [0.25, 0.3) is 0 Å². The number of ether oxygens (including phenoxy) is 2. The minimum Gasteiger partial charge on any atom is -0.379 e. The zero-order valence-corrected chi connectivity index (χ0v) is 23.7. The van der Waals surface area contributed by atoms with Crippen LogP contribution in [0.3, 0.4) is 0 Å². The molecule has 7 unspecified atom stereocenters. The molecule has 4 rings (SSSR count). The van der Waals surface area contributed by atoms with Crippen LogP contribution in [-0.4, -0.2) is 43.9 Å². The van der Waals surface area contributed by atoms with E-state index >= 15 is 8.78 Å². The molecule has 4 aliphatic carbocycles. The van der Waals surface area contributed by atoms with Crippen LogP contribution in [0, 0.1) is 35.5 Å². The Morgan fingerprint density at radius 1 is 0.622 bits per heavy atom. The first-order valence-corrected chi connectivity index (χ1v) is 16.1. The van der Waals surface area contributed by atoms with Crippen molar-refractivity contribution in [3.63, 3.8) is 0 Å². The van der Waals surface area contributed by atoms with Crippen molar-refractivity contribution in [3.8, 4) is 0 Å². The Balaban J connectivity index is 1.13. The second-order valence-electron chi connectivity index (χ2n) is 13.1. The highest BCUT2D eigenvalue weighted by molar-refractivity contribution is 4.95. The molecule has 7 atom stereocenters. The van der Waals surface area contributed by atoms with E-state index in [1.807, 2.05) is 6.92 Å². The Labute approximate surface area is 225 Å². The highest BCUT2D eigenvalue weighted by Crippen LogP contribution is 2.48. The van der Waals surface area contributed by atoms with E-state index in [0.717, 1.165) is 110 Å². The maximum atomic E-state index is 15.4. The summed E-state index contributed by atoms with van der Waals surface area (Å²) in [4.78, 5) is 0. The summed E-state index contributed by atoms with van der Waals surface area (Å²) >= 11 is 0. The molecule has 2 nitrogen and oxygen atoms in total. The lowest BCUT2D eigenvalue weighted by Crippen LogP contribution is -2.45. The molecule has 0 amide bonds. The fourth-order valence-electron chi connectivity index (χ4n) is 8.56. The first-order chi connectivity index (χ1) is 18.0. The van der Waals surface area contributed by atoms with E-state index in [4.69, 9.17) is 9.47 Å². The van der Waals surface area contributed by atoms with Crippen molar-refractivity contribution in [1.29, 1.82) is 0 Å². The van der Waals surface area contributed by atoms with Crippen LogP contribution in [0.2, 0.25) is 0 Å². The molecular weight excluding hydrogens is 473 g/mol. The Kier molecular flexibility index (Phi) is 12.0. The van der Waals surface area contributed by atoms with Crippen molar-refractivity contribution in [2.45, 2.75) is 154 Å². The van der Waals surface area contributed by atoms with Gasteiger partial charge in [0.05, 0.1) is 12.2 Å². The maximum absolute atomic E-state index is 15.4. The topological polar surface area (TPSA) is 18.5 Å². The Morgan fingerprint density at radius 2 is 1.22 bits per heavy atom. The van der Waals surface area contributed by atoms with Gasteiger partial charge in [0.1, 0.15) is 18.5 Å². The number of rotatable bonds is 11. The molecule has 0 aromatic rings. The second kappa shape index (κ2) is 14.9. The van der Waals surface area contributed by atoms with Crippen LogP contribution in [0.1, 0.15) is 123 Å². The Bertz CT molecular complexity index is 632. The van der Waals surface area contributed by atoms with Gasteiger partial charge in [-0.05, 0) is 119 Å². The lowest BCUT2D eigenvalue weighted by Gasteiger charge is -2.44. The van der Waals surface area contributed by atoms with Crippen LogP contribution in [0.4, 0.5) is 13.2 Å². The number of hydrogen-bond acceptors (Lipinski definition) is 2. The molecule has 4 saturated carbocycles. The van der Waals surface area contributed by atoms with Crippen molar-refractivity contribution >= 4 is 0 Å². The van der Waals surface area contributed by atoms with E-state index in [-0.39, 0.29) is 23.9 Å². The monoisotopic (exact) mass is 528 g/mol. The van der Waals surface area contributed by atoms with Crippen molar-refractivity contribution in [1.82, 2.24) is 0 Å². The summed E-state index contributed by atoms with van der Waals surface area (Å²) < 4.78 is 57.0. The van der Waals surface area contributed by atoms with Gasteiger partial charge in [-0.25, -0.2) is 13.2 Å². The number of hydrogen-bond donors (Lipinski definition) is 0. The Hall–Kier alpha value is -0.290. The number of alkyl halides is 3. The summed E-state index contributed by atoms with van der Waals surface area (Å²) in [5.74, 6) is 1.42. The van der Waals surface area contributed by atoms with Gasteiger partial charge in [-0.15, -0.1) is 0 Å². The van der Waals surface area contributed by atoms with Gasteiger partial charge in [-0.2, -0.15) is 0 Å². The van der Waals surface area contributed by atoms with Gasteiger partial charge in [0, 0.05) is 19.6 Å². The van der Waals surface area contributed by atoms with E-state index in [9.17, 15) is 4.39 Å². The van der Waals surface area contributed by atoms with Crippen LogP contribution in [-0.2, 0) is 9.47 Å². The summed E-state index contributed by atoms with van der Waals surface area (Å²) in [6.07, 6.45) is 14.1. The molecule has 0 spiro atoms. The summed E-state index contributed by atoms with van der Waals surface area (Å²) in [5.41, 5.74) is 0. The molecule has 37 heavy (non-hydrogen) atoms. The highest BCUT2D eigenvalue weighted by atomic mass is 19.2. The van der Waals surface area contributed by atoms with Gasteiger partial charge in [-0.1, -0.05) is 32.6 Å². The molecule has 0 aromatic carbocycles. The van der Waals surface area contributed by atoms with Crippen LogP contribution in [0.25, 0.3) is 0 Å². The molecule has 0 aliphatic heterocycles. The summed E-state index contributed by atoms with van der Waals surface area (Å²) in [7, 11) is 0. The molecule has 0 aromatic heterocycles. The van der Waals surface area contributed by atoms with E-state index in [1.54, 1.807) is 0 Å². The predicted molar refractivity (Wildman–Crippen MR) is 145 cm³/mol. The van der Waals surface area contributed by atoms with Crippen molar-refractivity contribution in [3.05, 3.63) is 0 Å². The lowest BCUT2D eigenvalue weighted by atomic mass is 9.64. The fourth-order valence-corrected chi connectivity index (χ4v) is 8.56. The third kappa shape index (κ3) is 8.12. The second-order valence-corrected chi connectivity index (χ2v) is 13.1. The van der Waals surface area contributed by atoms with Crippen LogP contribution < -0.4 is 0 Å². The van der Waals surface area contributed by atoms with Crippen LogP contribution in [0.15, 0.2) is 0 Å². The molecule has 0 N–H and O–H groups in total. The third-order valence-corrected chi connectivity index (χ3v) is 10.8. The normalized spacial score (nSPS) is 43.5. The smallest absolute Gasteiger partial charge is 0.134 e. The standard InChI is InChI=1S/C32H55F3O2/c1-3-20-37-27-17-14-25(30(33)21-27)7-5-6-22-8-10-23(11-9-22)28-18-19-29(32(35)31(28)34)24-12-15-26(16-13-24)36-4-2/h22-32H,3-21H2,1-2H3. The summed E-state index contributed by atoms with van der Waals surface area (Å²) in [5, 5.41) is 0. The average Bonchev–Trinajstić information content (AvgIpc) is 2.91. The van der Waals surface area contributed by atoms with E-state index < -0.39 is 18.5 Å². The van der Waals surface area contributed by atoms with Crippen LogP contribution >= 0.6 is 0 Å². The van der Waals surface area contributed by atoms with Crippen molar-refractivity contribution in [2.24, 2.45) is 35.5 Å². The molecule has 4 fully saturated rings. The molecular formula is C32H55F3O2. The summed E-state index contributed by atoms with van der Waals surface area (Å²) in [6.45, 7) is 5.62. The first kappa shape index (κ1) is 29.7. The van der Waals surface area contributed by atoms with Gasteiger partial charge >= 0.3 is 0 Å². The largest absolute Gasteiger partial charge is 0.379 e. The van der Waals surface area contributed by atoms with E-state index in [1.165, 1.54) is 6.42 Å². The van der Waals surface area contributed by atoms with Gasteiger partial charge < -0.3 is 9.47 Å². The maximum Gasteiger partial charge on any atom is 0.134 e. The first-order valence-electron chi connectivity index (χ1n) is 16.1. The quantitative estimate of drug-likeness (QED) is 0.266. The number of halogens is 3. The molecule has 5 heteroatoms. The molecule has 0 heterocycles. The average molecular weight is 529 g/mol. The lowest BCUT2D eigenvalue weighted by molar-refractivity contribution is -0.0474. The zero-order chi connectivity index (χ0) is 26.2. The zero-order valence-electron chi connectivity index (χ0n) is 23.7. The minimum atomic E-state index is -1.28. The highest BCUT2D eigenvalue weighted by Gasteiger charge is 2.46. The summed E-state index contributed by atoms with van der Waals surface area (Å²) in [6, 6.07) is 0. The fraction of sp³-hybridized carbons (Fsp3) is 1.00. The Morgan fingerprint density at radius 3 is 1.78 bits per heavy atom. The van der Waals surface area contributed by atoms with Gasteiger partial charge in [0.15, 0.2) is 0 Å². The SMILES string of the molecule is CCCOC1CCC(CCCC2CCC(C3CCC(C4CCC(OCC)CC4)C(F)C3F)CC2)C(F)C1. The third-order valence-electron chi connectivity index (χ3n) is 10.8. The molecule has 0 bridgehead atoms. The van der Waals surface area contributed by atoms with Gasteiger partial charge in [0.2, 0.25) is 0 Å². The van der Waals surface area contributed by atoms with Crippen LogP contribution in [0.5, 0.6) is 0 Å².